The van der Waals surface area contributed by atoms with E-state index in [0.29, 0.717) is 12.1 Å². The third kappa shape index (κ3) is 11.0. The molecular formula is C24H37N3O7S. The number of nitrogen functional groups attached to an aromatic ring is 1. The fourth-order valence-corrected chi connectivity index (χ4v) is 4.20. The summed E-state index contributed by atoms with van der Waals surface area (Å²) in [6.07, 6.45) is 0.212. The average Bonchev–Trinajstić information content (AvgIpc) is 2.81. The Morgan fingerprint density at radius 3 is 2.40 bits per heavy atom. The maximum Gasteiger partial charge on any atom is 0.336 e. The smallest absolute Gasteiger partial charge is 0.336 e. The number of unbranched alkanes of at least 4 members (excludes halogenated alkanes) is 1. The summed E-state index contributed by atoms with van der Waals surface area (Å²) in [4.78, 5) is 50.5. The highest BCUT2D eigenvalue weighted by Crippen LogP contribution is 2.26. The molecule has 35 heavy (non-hydrogen) atoms. The molecule has 0 bridgehead atoms. The van der Waals surface area contributed by atoms with Gasteiger partial charge in [0.2, 0.25) is 11.8 Å². The summed E-state index contributed by atoms with van der Waals surface area (Å²) in [6.45, 7) is 5.02. The number of aliphatic carboxylic acids is 1. The third-order valence-corrected chi connectivity index (χ3v) is 6.18. The van der Waals surface area contributed by atoms with Crippen LogP contribution in [0.1, 0.15) is 40.0 Å². The number of hydrogen-bond acceptors (Lipinski definition) is 8. The average molecular weight is 512 g/mol. The minimum atomic E-state index is -1.42. The second-order valence-corrected chi connectivity index (χ2v) is 9.47. The van der Waals surface area contributed by atoms with Crippen LogP contribution < -0.4 is 16.4 Å². The molecule has 0 saturated heterocycles. The summed E-state index contributed by atoms with van der Waals surface area (Å²) in [7, 11) is 1.46. The van der Waals surface area contributed by atoms with Crippen LogP contribution in [0.5, 0.6) is 0 Å². The highest BCUT2D eigenvalue weighted by molar-refractivity contribution is 7.99. The number of carboxylic acid groups (broad SMARTS) is 1. The first kappa shape index (κ1) is 30.2. The van der Waals surface area contributed by atoms with Crippen molar-refractivity contribution in [1.29, 1.82) is 0 Å². The van der Waals surface area contributed by atoms with Crippen molar-refractivity contribution in [2.24, 2.45) is 11.8 Å². The van der Waals surface area contributed by atoms with Gasteiger partial charge in [0.25, 0.3) is 0 Å². The van der Waals surface area contributed by atoms with Gasteiger partial charge >= 0.3 is 11.9 Å². The van der Waals surface area contributed by atoms with Crippen molar-refractivity contribution in [3.63, 3.8) is 0 Å². The Hall–Kier alpha value is -2.79. The first-order chi connectivity index (χ1) is 16.6. The number of carbonyl (C=O) groups excluding carboxylic acids is 3. The molecule has 1 rings (SSSR count). The van der Waals surface area contributed by atoms with Crippen LogP contribution >= 0.6 is 11.8 Å². The van der Waals surface area contributed by atoms with E-state index in [-0.39, 0.29) is 24.7 Å². The van der Waals surface area contributed by atoms with Crippen LogP contribution in [-0.4, -0.2) is 67.0 Å². The number of amides is 2. The molecule has 0 heterocycles. The molecule has 3 atom stereocenters. The molecule has 0 fully saturated rings. The highest BCUT2D eigenvalue weighted by Gasteiger charge is 2.38. The number of nitrogens with two attached hydrogens (primary N) is 1. The number of likely N-dealkylation sites (N-methyl/N-ethyl adjacent to an activating group) is 1. The van der Waals surface area contributed by atoms with Gasteiger partial charge in [-0.25, -0.2) is 9.59 Å². The normalized spacial score (nSPS) is 13.5. The predicted octanol–water partition coefficient (Wildman–Crippen LogP) is 2.07. The maximum absolute atomic E-state index is 13.3. The lowest BCUT2D eigenvalue weighted by Gasteiger charge is -2.28. The van der Waals surface area contributed by atoms with Gasteiger partial charge < -0.3 is 30.9 Å². The minimum absolute atomic E-state index is 0.0259. The van der Waals surface area contributed by atoms with Crippen LogP contribution in [0.15, 0.2) is 29.2 Å². The number of anilines is 1. The molecule has 1 aromatic carbocycles. The van der Waals surface area contributed by atoms with Crippen molar-refractivity contribution in [2.45, 2.75) is 57.1 Å². The maximum atomic E-state index is 13.3. The Morgan fingerprint density at radius 2 is 1.83 bits per heavy atom. The van der Waals surface area contributed by atoms with Crippen LogP contribution in [0, 0.1) is 11.8 Å². The first-order valence-corrected chi connectivity index (χ1v) is 12.6. The van der Waals surface area contributed by atoms with Crippen molar-refractivity contribution in [1.82, 2.24) is 10.6 Å². The lowest BCUT2D eigenvalue weighted by Crippen LogP contribution is -2.52. The minimum Gasteiger partial charge on any atom is -0.480 e. The second kappa shape index (κ2) is 16.0. The molecule has 0 aliphatic heterocycles. The second-order valence-electron chi connectivity index (χ2n) is 8.41. The van der Waals surface area contributed by atoms with Gasteiger partial charge in [0.15, 0.2) is 6.10 Å². The Kier molecular flexibility index (Phi) is 13.8. The van der Waals surface area contributed by atoms with Gasteiger partial charge in [-0.15, -0.1) is 11.8 Å². The van der Waals surface area contributed by atoms with Gasteiger partial charge in [0.05, 0.1) is 12.5 Å². The van der Waals surface area contributed by atoms with E-state index in [4.69, 9.17) is 20.3 Å². The fraction of sp³-hybridized carbons (Fsp3) is 0.583. The molecule has 196 valence electrons. The molecule has 1 aromatic rings. The Bertz CT molecular complexity index is 850. The number of ether oxygens (including phenoxy) is 2. The number of thioether (sulfide) groups is 1. The predicted molar refractivity (Wildman–Crippen MR) is 134 cm³/mol. The number of hydrogen-bond donors (Lipinski definition) is 4. The van der Waals surface area contributed by atoms with E-state index in [2.05, 4.69) is 10.6 Å². The molecule has 0 unspecified atom stereocenters. The standard InChI is InChI=1S/C24H37N3O7S/c1-5-6-11-33-24(32)21(34-13-20(28)29)16(12-15(2)3)22(30)27-18(23(31)26-4)14-35-19-10-8-7-9-17(19)25/h7-10,15-16,18,21H,5-6,11-14,25H2,1-4H3,(H,26,31)(H,27,30)(H,28,29)/t16-,18-,21+/m0/s1. The SMILES string of the molecule is CCCCOC(=O)[C@H](OCC(=O)O)[C@H](CC(C)C)C(=O)N[C@@H](CSc1ccccc1N)C(=O)NC. The van der Waals surface area contributed by atoms with Crippen molar-refractivity contribution in [3.8, 4) is 0 Å². The Labute approximate surface area is 210 Å². The Morgan fingerprint density at radius 1 is 1.14 bits per heavy atom. The molecule has 0 aliphatic carbocycles. The summed E-state index contributed by atoms with van der Waals surface area (Å²) in [5.74, 6) is -3.99. The summed E-state index contributed by atoms with van der Waals surface area (Å²) >= 11 is 1.31. The number of carbonyl (C=O) groups is 4. The van der Waals surface area contributed by atoms with Gasteiger partial charge in [-0.2, -0.15) is 0 Å². The summed E-state index contributed by atoms with van der Waals surface area (Å²) < 4.78 is 10.6. The molecule has 0 radical (unpaired) electrons. The zero-order valence-electron chi connectivity index (χ0n) is 20.7. The van der Waals surface area contributed by atoms with E-state index in [9.17, 15) is 19.2 Å². The van der Waals surface area contributed by atoms with Crippen LogP contribution in [0.25, 0.3) is 0 Å². The third-order valence-electron chi connectivity index (χ3n) is 4.99. The molecule has 10 nitrogen and oxygen atoms in total. The van der Waals surface area contributed by atoms with E-state index < -0.39 is 48.4 Å². The van der Waals surface area contributed by atoms with Gasteiger partial charge in [0.1, 0.15) is 12.6 Å². The van der Waals surface area contributed by atoms with Crippen molar-refractivity contribution < 1.29 is 33.8 Å². The summed E-state index contributed by atoms with van der Waals surface area (Å²) in [5.41, 5.74) is 6.53. The van der Waals surface area contributed by atoms with E-state index in [1.54, 1.807) is 12.1 Å². The van der Waals surface area contributed by atoms with Crippen LogP contribution in [0.3, 0.4) is 0 Å². The monoisotopic (exact) mass is 511 g/mol. The number of nitrogens with one attached hydrogen (secondary N) is 2. The number of benzene rings is 1. The molecule has 2 amide bonds. The Balaban J connectivity index is 3.11. The van der Waals surface area contributed by atoms with Crippen LogP contribution in [0.4, 0.5) is 5.69 Å². The molecular weight excluding hydrogens is 474 g/mol. The molecule has 0 aliphatic rings. The molecule has 5 N–H and O–H groups in total. The summed E-state index contributed by atoms with van der Waals surface area (Å²) in [5, 5.41) is 14.3. The van der Waals surface area contributed by atoms with Gasteiger partial charge in [0, 0.05) is 23.4 Å². The van der Waals surface area contributed by atoms with Crippen molar-refractivity contribution in [3.05, 3.63) is 24.3 Å². The fourth-order valence-electron chi connectivity index (χ4n) is 3.21. The number of esters is 1. The molecule has 11 heteroatoms. The summed E-state index contributed by atoms with van der Waals surface area (Å²) in [6, 6.07) is 6.24. The zero-order chi connectivity index (χ0) is 26.4. The van der Waals surface area contributed by atoms with Gasteiger partial charge in [-0.1, -0.05) is 39.3 Å². The van der Waals surface area contributed by atoms with Crippen molar-refractivity contribution in [2.75, 3.05) is 31.7 Å². The van der Waals surface area contributed by atoms with Gasteiger partial charge in [-0.3, -0.25) is 9.59 Å². The van der Waals surface area contributed by atoms with Gasteiger partial charge in [-0.05, 0) is 30.9 Å². The van der Waals surface area contributed by atoms with E-state index in [1.807, 2.05) is 32.9 Å². The van der Waals surface area contributed by atoms with Crippen molar-refractivity contribution >= 4 is 41.2 Å². The molecule has 0 aromatic heterocycles. The number of para-hydroxylation sites is 1. The first-order valence-electron chi connectivity index (χ1n) is 11.6. The number of rotatable bonds is 16. The van der Waals surface area contributed by atoms with E-state index in [0.717, 1.165) is 11.3 Å². The topological polar surface area (TPSA) is 157 Å². The highest BCUT2D eigenvalue weighted by atomic mass is 32.2. The zero-order valence-corrected chi connectivity index (χ0v) is 21.6. The van der Waals surface area contributed by atoms with E-state index in [1.165, 1.54) is 18.8 Å². The lowest BCUT2D eigenvalue weighted by atomic mass is 9.90. The largest absolute Gasteiger partial charge is 0.480 e. The molecule has 0 spiro atoms. The van der Waals surface area contributed by atoms with Crippen LogP contribution in [0.2, 0.25) is 0 Å². The quantitative estimate of drug-likeness (QED) is 0.113. The number of carboxylic acids is 1. The van der Waals surface area contributed by atoms with Crippen LogP contribution in [-0.2, 0) is 28.7 Å². The lowest BCUT2D eigenvalue weighted by molar-refractivity contribution is -0.168. The molecule has 0 saturated carbocycles. The van der Waals surface area contributed by atoms with E-state index >= 15 is 0 Å².